The van der Waals surface area contributed by atoms with E-state index in [4.69, 9.17) is 23.2 Å². The second-order valence-corrected chi connectivity index (χ2v) is 5.15. The number of benzene rings is 1. The molecule has 0 fully saturated rings. The summed E-state index contributed by atoms with van der Waals surface area (Å²) in [6, 6.07) is 5.48. The average Bonchev–Trinajstić information content (AvgIpc) is 2.86. The first kappa shape index (κ1) is 14.4. The van der Waals surface area contributed by atoms with E-state index >= 15 is 0 Å². The van der Waals surface area contributed by atoms with Gasteiger partial charge in [0.25, 0.3) is 0 Å². The molecule has 0 radical (unpaired) electrons. The predicted molar refractivity (Wildman–Crippen MR) is 80.8 cm³/mol. The first-order valence-corrected chi connectivity index (χ1v) is 7.14. The molecule has 1 aromatic carbocycles. The normalized spacial score (nSPS) is 10.9. The van der Waals surface area contributed by atoms with Crippen LogP contribution in [-0.4, -0.2) is 22.6 Å². The number of hydrogen-bond donors (Lipinski definition) is 1. The van der Waals surface area contributed by atoms with Gasteiger partial charge in [0.1, 0.15) is 0 Å². The third-order valence-electron chi connectivity index (χ3n) is 2.92. The van der Waals surface area contributed by atoms with Gasteiger partial charge in [-0.3, -0.25) is 0 Å². The lowest BCUT2D eigenvalue weighted by molar-refractivity contribution is 0.595. The summed E-state index contributed by atoms with van der Waals surface area (Å²) in [5, 5.41) is 4.68. The van der Waals surface area contributed by atoms with E-state index < -0.39 is 0 Å². The molecule has 0 bridgehead atoms. The van der Waals surface area contributed by atoms with Crippen molar-refractivity contribution < 1.29 is 0 Å². The Morgan fingerprint density at radius 1 is 1.32 bits per heavy atom. The number of rotatable bonds is 6. The van der Waals surface area contributed by atoms with Gasteiger partial charge < -0.3 is 9.88 Å². The number of nitrogens with zero attached hydrogens (tertiary/aromatic N) is 2. The second-order valence-electron chi connectivity index (χ2n) is 4.30. The first-order valence-electron chi connectivity index (χ1n) is 6.38. The van der Waals surface area contributed by atoms with E-state index in [9.17, 15) is 0 Å². The topological polar surface area (TPSA) is 29.9 Å². The van der Waals surface area contributed by atoms with Gasteiger partial charge in [-0.05, 0) is 37.7 Å². The number of halogens is 2. The van der Waals surface area contributed by atoms with Gasteiger partial charge in [0, 0.05) is 17.1 Å². The highest BCUT2D eigenvalue weighted by atomic mass is 35.5. The fourth-order valence-electron chi connectivity index (χ4n) is 1.97. The maximum Gasteiger partial charge on any atom is 0.0950 e. The smallest absolute Gasteiger partial charge is 0.0950 e. The average molecular weight is 298 g/mol. The second kappa shape index (κ2) is 6.94. The van der Waals surface area contributed by atoms with E-state index in [-0.39, 0.29) is 0 Å². The van der Waals surface area contributed by atoms with Gasteiger partial charge in [-0.1, -0.05) is 30.1 Å². The van der Waals surface area contributed by atoms with Crippen molar-refractivity contribution in [2.24, 2.45) is 0 Å². The quantitative estimate of drug-likeness (QED) is 0.821. The van der Waals surface area contributed by atoms with E-state index in [1.165, 1.54) is 0 Å². The van der Waals surface area contributed by atoms with Crippen LogP contribution >= 0.6 is 23.2 Å². The summed E-state index contributed by atoms with van der Waals surface area (Å²) in [7, 11) is 0. The SMILES string of the molecule is CCNCCCn1cncc1-c1cc(Cl)ccc1Cl. The molecule has 0 unspecified atom stereocenters. The molecule has 0 saturated carbocycles. The van der Waals surface area contributed by atoms with Crippen LogP contribution in [0.3, 0.4) is 0 Å². The fourth-order valence-corrected chi connectivity index (χ4v) is 2.35. The monoisotopic (exact) mass is 297 g/mol. The minimum atomic E-state index is 0.680. The van der Waals surface area contributed by atoms with Crippen LogP contribution in [-0.2, 0) is 6.54 Å². The van der Waals surface area contributed by atoms with Crippen molar-refractivity contribution >= 4 is 23.2 Å². The molecule has 5 heteroatoms. The Hall–Kier alpha value is -1.03. The molecule has 3 nitrogen and oxygen atoms in total. The van der Waals surface area contributed by atoms with Gasteiger partial charge in [0.15, 0.2) is 0 Å². The number of hydrogen-bond acceptors (Lipinski definition) is 2. The molecule has 2 aromatic rings. The Morgan fingerprint density at radius 2 is 2.16 bits per heavy atom. The third-order valence-corrected chi connectivity index (χ3v) is 3.48. The van der Waals surface area contributed by atoms with Crippen LogP contribution in [0, 0.1) is 0 Å². The van der Waals surface area contributed by atoms with Crippen LogP contribution in [0.1, 0.15) is 13.3 Å². The summed E-state index contributed by atoms with van der Waals surface area (Å²) in [6.45, 7) is 5.01. The van der Waals surface area contributed by atoms with Gasteiger partial charge in [0.2, 0.25) is 0 Å². The van der Waals surface area contributed by atoms with Crippen molar-refractivity contribution in [1.29, 1.82) is 0 Å². The summed E-state index contributed by atoms with van der Waals surface area (Å²) < 4.78 is 2.11. The minimum Gasteiger partial charge on any atom is -0.331 e. The Labute approximate surface area is 123 Å². The zero-order valence-electron chi connectivity index (χ0n) is 10.9. The lowest BCUT2D eigenvalue weighted by atomic mass is 10.1. The number of nitrogens with one attached hydrogen (secondary N) is 1. The van der Waals surface area contributed by atoms with Crippen molar-refractivity contribution in [3.05, 3.63) is 40.8 Å². The molecule has 102 valence electrons. The summed E-state index contributed by atoms with van der Waals surface area (Å²) >= 11 is 12.3. The maximum atomic E-state index is 6.23. The van der Waals surface area contributed by atoms with Gasteiger partial charge in [-0.15, -0.1) is 0 Å². The van der Waals surface area contributed by atoms with Crippen molar-refractivity contribution in [3.8, 4) is 11.3 Å². The van der Waals surface area contributed by atoms with E-state index in [1.807, 2.05) is 24.7 Å². The molecule has 0 saturated heterocycles. The Morgan fingerprint density at radius 3 is 2.95 bits per heavy atom. The molecule has 1 N–H and O–H groups in total. The van der Waals surface area contributed by atoms with Gasteiger partial charge in [0.05, 0.1) is 23.2 Å². The molecule has 0 spiro atoms. The number of imidazole rings is 1. The van der Waals surface area contributed by atoms with E-state index in [2.05, 4.69) is 21.8 Å². The maximum absolute atomic E-state index is 6.23. The van der Waals surface area contributed by atoms with E-state index in [0.717, 1.165) is 37.3 Å². The van der Waals surface area contributed by atoms with Crippen molar-refractivity contribution in [3.63, 3.8) is 0 Å². The number of aromatic nitrogens is 2. The van der Waals surface area contributed by atoms with E-state index in [0.29, 0.717) is 10.0 Å². The molecule has 1 aromatic heterocycles. The molecule has 0 aliphatic carbocycles. The van der Waals surface area contributed by atoms with Crippen LogP contribution in [0.5, 0.6) is 0 Å². The Balaban J connectivity index is 2.16. The predicted octanol–water partition coefficient (Wildman–Crippen LogP) is 3.86. The van der Waals surface area contributed by atoms with Crippen LogP contribution < -0.4 is 5.32 Å². The largest absolute Gasteiger partial charge is 0.331 e. The van der Waals surface area contributed by atoms with Crippen LogP contribution in [0.25, 0.3) is 11.3 Å². The highest BCUT2D eigenvalue weighted by Gasteiger charge is 2.09. The summed E-state index contributed by atoms with van der Waals surface area (Å²) in [6.07, 6.45) is 4.71. The number of aryl methyl sites for hydroxylation is 1. The zero-order valence-corrected chi connectivity index (χ0v) is 12.4. The van der Waals surface area contributed by atoms with Crippen LogP contribution in [0.15, 0.2) is 30.7 Å². The van der Waals surface area contributed by atoms with E-state index in [1.54, 1.807) is 6.07 Å². The summed E-state index contributed by atoms with van der Waals surface area (Å²) in [4.78, 5) is 4.21. The van der Waals surface area contributed by atoms with Gasteiger partial charge in [-0.2, -0.15) is 0 Å². The Bertz CT molecular complexity index is 537. The fraction of sp³-hybridized carbons (Fsp3) is 0.357. The first-order chi connectivity index (χ1) is 9.22. The molecule has 19 heavy (non-hydrogen) atoms. The highest BCUT2D eigenvalue weighted by Crippen LogP contribution is 2.30. The molecule has 1 heterocycles. The summed E-state index contributed by atoms with van der Waals surface area (Å²) in [5.41, 5.74) is 1.93. The minimum absolute atomic E-state index is 0.680. The van der Waals surface area contributed by atoms with Gasteiger partial charge >= 0.3 is 0 Å². The molecule has 0 aliphatic heterocycles. The molecule has 0 amide bonds. The highest BCUT2D eigenvalue weighted by molar-refractivity contribution is 6.35. The molecule has 0 atom stereocenters. The molecule has 2 rings (SSSR count). The van der Waals surface area contributed by atoms with Crippen LogP contribution in [0.4, 0.5) is 0 Å². The summed E-state index contributed by atoms with van der Waals surface area (Å²) in [5.74, 6) is 0. The lowest BCUT2D eigenvalue weighted by Crippen LogP contribution is -2.16. The Kier molecular flexibility index (Phi) is 5.25. The molecular formula is C14H17Cl2N3. The van der Waals surface area contributed by atoms with Crippen LogP contribution in [0.2, 0.25) is 10.0 Å². The van der Waals surface area contributed by atoms with Gasteiger partial charge in [-0.25, -0.2) is 4.98 Å². The van der Waals surface area contributed by atoms with Crippen molar-refractivity contribution in [1.82, 2.24) is 14.9 Å². The zero-order chi connectivity index (χ0) is 13.7. The third kappa shape index (κ3) is 3.72. The molecular weight excluding hydrogens is 281 g/mol. The standard InChI is InChI=1S/C14H17Cl2N3/c1-2-17-6-3-7-19-10-18-9-14(19)12-8-11(15)4-5-13(12)16/h4-5,8-10,17H,2-3,6-7H2,1H3. The molecule has 0 aliphatic rings. The van der Waals surface area contributed by atoms with Crippen molar-refractivity contribution in [2.45, 2.75) is 19.9 Å². The lowest BCUT2D eigenvalue weighted by Gasteiger charge is -2.10. The van der Waals surface area contributed by atoms with Crippen molar-refractivity contribution in [2.75, 3.05) is 13.1 Å².